The summed E-state index contributed by atoms with van der Waals surface area (Å²) in [5.74, 6) is 0. The summed E-state index contributed by atoms with van der Waals surface area (Å²) in [4.78, 5) is 0. The minimum absolute atomic E-state index is 0. The van der Waals surface area contributed by atoms with Crippen LogP contribution in [-0.4, -0.2) is 8.80 Å². The molecule has 2 rings (SSSR count). The fraction of sp³-hybridized carbons (Fsp3) is 0.231. The van der Waals surface area contributed by atoms with Gasteiger partial charge in [0.1, 0.15) is 0 Å². The Bertz CT molecular complexity index is 182. The fourth-order valence-electron chi connectivity index (χ4n) is 0.642. The number of hydrogen-bond donors (Lipinski definition) is 0. The number of rotatable bonds is 0. The number of hydrogen-bond acceptors (Lipinski definition) is 0. The van der Waals surface area contributed by atoms with Crippen molar-refractivity contribution in [1.29, 1.82) is 0 Å². The van der Waals surface area contributed by atoms with Crippen LogP contribution in [-0.2, 0) is 19.5 Å². The SMILES string of the molecule is C[Si](C)C.[Ru+2].c1cc[cH-]c1.c1cc[cH-]c1. The summed E-state index contributed by atoms with van der Waals surface area (Å²) in [5.41, 5.74) is 0. The standard InChI is InChI=1S/2C5H5.C3H9Si.Ru/c2*1-2-4-5-3-1;1-4(2)3;/h2*1-5H;1-3H3;/q2*-1;;+2. The zero-order chi connectivity index (χ0) is 10.6. The van der Waals surface area contributed by atoms with Crippen molar-refractivity contribution >= 4 is 8.80 Å². The van der Waals surface area contributed by atoms with E-state index in [2.05, 4.69) is 19.6 Å². The van der Waals surface area contributed by atoms with Gasteiger partial charge < -0.3 is 0 Å². The van der Waals surface area contributed by atoms with Crippen molar-refractivity contribution in [3.05, 3.63) is 60.7 Å². The molecule has 0 aliphatic rings. The van der Waals surface area contributed by atoms with Gasteiger partial charge in [0.25, 0.3) is 0 Å². The molecule has 0 unspecified atom stereocenters. The van der Waals surface area contributed by atoms with Crippen molar-refractivity contribution in [1.82, 2.24) is 0 Å². The molecule has 0 heterocycles. The molecule has 2 aromatic carbocycles. The Balaban J connectivity index is 0. The van der Waals surface area contributed by atoms with E-state index in [0.717, 1.165) is 0 Å². The first-order valence-electron chi connectivity index (χ1n) is 4.83. The summed E-state index contributed by atoms with van der Waals surface area (Å²) in [6.07, 6.45) is 0. The minimum Gasteiger partial charge on any atom is -0.214 e. The molecular formula is C13H19RuSi. The van der Waals surface area contributed by atoms with Crippen LogP contribution in [0, 0.1) is 0 Å². The zero-order valence-electron chi connectivity index (χ0n) is 9.63. The second kappa shape index (κ2) is 13.5. The van der Waals surface area contributed by atoms with Gasteiger partial charge in [0.15, 0.2) is 0 Å². The van der Waals surface area contributed by atoms with Gasteiger partial charge in [0, 0.05) is 8.80 Å². The summed E-state index contributed by atoms with van der Waals surface area (Å²) in [7, 11) is 0.120. The first kappa shape index (κ1) is 17.0. The van der Waals surface area contributed by atoms with Crippen molar-refractivity contribution in [2.75, 3.05) is 0 Å². The molecule has 2 aromatic rings. The average Bonchev–Trinajstić information content (AvgIpc) is 2.83. The molecule has 1 radical (unpaired) electrons. The summed E-state index contributed by atoms with van der Waals surface area (Å²) in [5, 5.41) is 0. The molecule has 0 atom stereocenters. The smallest absolute Gasteiger partial charge is 0.214 e. The van der Waals surface area contributed by atoms with Gasteiger partial charge in [0.2, 0.25) is 0 Å². The Morgan fingerprint density at radius 1 is 0.667 bits per heavy atom. The largest absolute Gasteiger partial charge is 2.00 e. The molecule has 0 nitrogen and oxygen atoms in total. The maximum absolute atomic E-state index is 2.27. The molecule has 2 heteroatoms. The van der Waals surface area contributed by atoms with E-state index in [1.165, 1.54) is 0 Å². The predicted octanol–water partition coefficient (Wildman–Crippen LogP) is 4.18. The molecule has 0 aliphatic carbocycles. The molecule has 0 fully saturated rings. The van der Waals surface area contributed by atoms with E-state index in [1.807, 2.05) is 60.7 Å². The van der Waals surface area contributed by atoms with Crippen LogP contribution in [0.25, 0.3) is 0 Å². The van der Waals surface area contributed by atoms with Crippen molar-refractivity contribution in [2.24, 2.45) is 0 Å². The molecule has 0 saturated heterocycles. The van der Waals surface area contributed by atoms with E-state index in [1.54, 1.807) is 0 Å². The third-order valence-corrected chi connectivity index (χ3v) is 1.11. The van der Waals surface area contributed by atoms with Gasteiger partial charge in [-0.3, -0.25) is 0 Å². The molecule has 0 bridgehead atoms. The molecule has 0 N–H and O–H groups in total. The van der Waals surface area contributed by atoms with Gasteiger partial charge in [-0.05, 0) is 0 Å². The Morgan fingerprint density at radius 3 is 0.933 bits per heavy atom. The topological polar surface area (TPSA) is 0 Å². The third-order valence-electron chi connectivity index (χ3n) is 1.11. The zero-order valence-corrected chi connectivity index (χ0v) is 12.4. The fourth-order valence-corrected chi connectivity index (χ4v) is 0.642. The first-order chi connectivity index (χ1) is 6.73. The van der Waals surface area contributed by atoms with Gasteiger partial charge in [-0.2, -0.15) is 36.4 Å². The molecule has 0 spiro atoms. The van der Waals surface area contributed by atoms with E-state index in [4.69, 9.17) is 0 Å². The van der Waals surface area contributed by atoms with Gasteiger partial charge >= 0.3 is 19.5 Å². The molecule has 83 valence electrons. The van der Waals surface area contributed by atoms with Gasteiger partial charge in [0.05, 0.1) is 0 Å². The predicted molar refractivity (Wildman–Crippen MR) is 67.4 cm³/mol. The van der Waals surface area contributed by atoms with Crippen LogP contribution in [0.1, 0.15) is 0 Å². The average molecular weight is 304 g/mol. The quantitative estimate of drug-likeness (QED) is 0.506. The van der Waals surface area contributed by atoms with Gasteiger partial charge in [-0.1, -0.05) is 19.6 Å². The molecule has 0 aromatic heterocycles. The summed E-state index contributed by atoms with van der Waals surface area (Å²) in [6, 6.07) is 20.0. The van der Waals surface area contributed by atoms with E-state index >= 15 is 0 Å². The second-order valence-corrected chi connectivity index (χ2v) is 6.42. The molecule has 0 saturated carbocycles. The van der Waals surface area contributed by atoms with Crippen molar-refractivity contribution in [2.45, 2.75) is 19.6 Å². The van der Waals surface area contributed by atoms with Crippen molar-refractivity contribution in [3.63, 3.8) is 0 Å². The van der Waals surface area contributed by atoms with Crippen molar-refractivity contribution in [3.8, 4) is 0 Å². The molecule has 0 aliphatic heterocycles. The van der Waals surface area contributed by atoms with Crippen LogP contribution in [0.2, 0.25) is 19.6 Å². The maximum atomic E-state index is 2.27. The van der Waals surface area contributed by atoms with E-state index in [0.29, 0.717) is 0 Å². The third kappa shape index (κ3) is 19.8. The maximum Gasteiger partial charge on any atom is 2.00 e. The van der Waals surface area contributed by atoms with Gasteiger partial charge in [-0.15, -0.1) is 0 Å². The monoisotopic (exact) mass is 305 g/mol. The Labute approximate surface area is 108 Å². The second-order valence-electron chi connectivity index (χ2n) is 3.42. The van der Waals surface area contributed by atoms with Gasteiger partial charge in [-0.25, -0.2) is 24.3 Å². The Morgan fingerprint density at radius 2 is 0.867 bits per heavy atom. The van der Waals surface area contributed by atoms with Crippen LogP contribution in [0.4, 0.5) is 0 Å². The van der Waals surface area contributed by atoms with E-state index in [9.17, 15) is 0 Å². The van der Waals surface area contributed by atoms with E-state index < -0.39 is 0 Å². The van der Waals surface area contributed by atoms with Crippen LogP contribution in [0.15, 0.2) is 60.7 Å². The van der Waals surface area contributed by atoms with Crippen LogP contribution in [0.3, 0.4) is 0 Å². The summed E-state index contributed by atoms with van der Waals surface area (Å²) in [6.45, 7) is 6.81. The Hall–Kier alpha value is -0.460. The van der Waals surface area contributed by atoms with Crippen molar-refractivity contribution < 1.29 is 19.5 Å². The first-order valence-corrected chi connectivity index (χ1v) is 7.83. The minimum atomic E-state index is 0. The molecule has 0 amide bonds. The summed E-state index contributed by atoms with van der Waals surface area (Å²) >= 11 is 0. The summed E-state index contributed by atoms with van der Waals surface area (Å²) < 4.78 is 0. The van der Waals surface area contributed by atoms with Crippen LogP contribution in [0.5, 0.6) is 0 Å². The Kier molecular flexibility index (Phi) is 15.3. The van der Waals surface area contributed by atoms with Crippen LogP contribution >= 0.6 is 0 Å². The molecule has 15 heavy (non-hydrogen) atoms. The normalized spacial score (nSPS) is 7.73. The van der Waals surface area contributed by atoms with E-state index in [-0.39, 0.29) is 28.3 Å². The van der Waals surface area contributed by atoms with Crippen LogP contribution < -0.4 is 0 Å². The molecular weight excluding hydrogens is 285 g/mol.